The van der Waals surface area contributed by atoms with E-state index < -0.39 is 0 Å². The molecule has 0 radical (unpaired) electrons. The van der Waals surface area contributed by atoms with Crippen molar-refractivity contribution in [2.24, 2.45) is 5.92 Å². The smallest absolute Gasteiger partial charge is 0.160 e. The molecule has 0 aliphatic rings. The third-order valence-electron chi connectivity index (χ3n) is 3.01. The maximum Gasteiger partial charge on any atom is 0.160 e. The molecule has 19 heavy (non-hydrogen) atoms. The van der Waals surface area contributed by atoms with Crippen molar-refractivity contribution < 1.29 is 14.2 Å². The second kappa shape index (κ2) is 8.77. The summed E-state index contributed by atoms with van der Waals surface area (Å²) in [6.07, 6.45) is 1.01. The molecule has 1 aromatic carbocycles. The number of nitrogens with one attached hydrogen (secondary N) is 1. The van der Waals surface area contributed by atoms with Crippen LogP contribution in [0.2, 0.25) is 0 Å². The van der Waals surface area contributed by atoms with Gasteiger partial charge in [-0.05, 0) is 36.6 Å². The van der Waals surface area contributed by atoms with E-state index in [4.69, 9.17) is 14.2 Å². The summed E-state index contributed by atoms with van der Waals surface area (Å²) in [5.74, 6) is 2.13. The van der Waals surface area contributed by atoms with Crippen LogP contribution in [0, 0.1) is 5.92 Å². The van der Waals surface area contributed by atoms with Crippen molar-refractivity contribution in [1.29, 1.82) is 0 Å². The molecule has 0 aliphatic heterocycles. The van der Waals surface area contributed by atoms with Crippen LogP contribution in [0.4, 0.5) is 0 Å². The number of benzene rings is 1. The van der Waals surface area contributed by atoms with Crippen LogP contribution in [-0.2, 0) is 11.2 Å². The summed E-state index contributed by atoms with van der Waals surface area (Å²) in [6, 6.07) is 6.09. The van der Waals surface area contributed by atoms with Gasteiger partial charge in [0.15, 0.2) is 11.5 Å². The van der Waals surface area contributed by atoms with E-state index in [1.807, 2.05) is 12.1 Å². The van der Waals surface area contributed by atoms with Gasteiger partial charge in [0.1, 0.15) is 0 Å². The summed E-state index contributed by atoms with van der Waals surface area (Å²) < 4.78 is 15.6. The standard InChI is InChI=1S/C15H25NO3/c1-12(11-16-7-8-17-2)9-13-5-6-14(18-3)15(10-13)19-4/h5-6,10,12,16H,7-9,11H2,1-4H3. The molecule has 0 fully saturated rings. The van der Waals surface area contributed by atoms with Crippen molar-refractivity contribution in [3.8, 4) is 11.5 Å². The predicted octanol–water partition coefficient (Wildman–Crippen LogP) is 2.12. The van der Waals surface area contributed by atoms with Crippen LogP contribution in [0.25, 0.3) is 0 Å². The molecule has 1 rings (SSSR count). The summed E-state index contributed by atoms with van der Waals surface area (Å²) in [5, 5.41) is 3.38. The van der Waals surface area contributed by atoms with Crippen LogP contribution in [-0.4, -0.2) is 41.0 Å². The first-order valence-corrected chi connectivity index (χ1v) is 6.61. The van der Waals surface area contributed by atoms with E-state index in [2.05, 4.69) is 18.3 Å². The van der Waals surface area contributed by atoms with Crippen molar-refractivity contribution in [3.63, 3.8) is 0 Å². The topological polar surface area (TPSA) is 39.7 Å². The Labute approximate surface area is 116 Å². The fraction of sp³-hybridized carbons (Fsp3) is 0.600. The summed E-state index contributed by atoms with van der Waals surface area (Å²) >= 11 is 0. The molecule has 1 N–H and O–H groups in total. The zero-order chi connectivity index (χ0) is 14.1. The summed E-state index contributed by atoms with van der Waals surface area (Å²) in [4.78, 5) is 0. The fourth-order valence-electron chi connectivity index (χ4n) is 2.00. The van der Waals surface area contributed by atoms with Gasteiger partial charge in [-0.25, -0.2) is 0 Å². The first-order chi connectivity index (χ1) is 9.21. The van der Waals surface area contributed by atoms with Crippen LogP contribution in [0.3, 0.4) is 0 Å². The van der Waals surface area contributed by atoms with Crippen molar-refractivity contribution in [2.75, 3.05) is 41.0 Å². The van der Waals surface area contributed by atoms with Gasteiger partial charge in [-0.1, -0.05) is 13.0 Å². The number of hydrogen-bond donors (Lipinski definition) is 1. The molecule has 0 aliphatic carbocycles. The highest BCUT2D eigenvalue weighted by Crippen LogP contribution is 2.28. The minimum absolute atomic E-state index is 0.565. The first-order valence-electron chi connectivity index (χ1n) is 6.61. The zero-order valence-corrected chi connectivity index (χ0v) is 12.4. The van der Waals surface area contributed by atoms with E-state index in [1.54, 1.807) is 21.3 Å². The molecule has 4 nitrogen and oxygen atoms in total. The SMILES string of the molecule is COCCNCC(C)Cc1ccc(OC)c(OC)c1. The van der Waals surface area contributed by atoms with Gasteiger partial charge in [0, 0.05) is 13.7 Å². The van der Waals surface area contributed by atoms with Gasteiger partial charge in [0.2, 0.25) is 0 Å². The molecule has 0 heterocycles. The average molecular weight is 267 g/mol. The maximum absolute atomic E-state index is 5.31. The van der Waals surface area contributed by atoms with Crippen molar-refractivity contribution >= 4 is 0 Å². The van der Waals surface area contributed by atoms with Gasteiger partial charge >= 0.3 is 0 Å². The Balaban J connectivity index is 2.47. The van der Waals surface area contributed by atoms with E-state index in [0.29, 0.717) is 5.92 Å². The quantitative estimate of drug-likeness (QED) is 0.696. The fourth-order valence-corrected chi connectivity index (χ4v) is 2.00. The lowest BCUT2D eigenvalue weighted by Crippen LogP contribution is -2.25. The molecule has 0 aromatic heterocycles. The van der Waals surface area contributed by atoms with E-state index in [9.17, 15) is 0 Å². The molecule has 108 valence electrons. The number of ether oxygens (including phenoxy) is 3. The molecular formula is C15H25NO3. The average Bonchev–Trinajstić information content (AvgIpc) is 2.43. The Bertz CT molecular complexity index is 368. The molecule has 0 bridgehead atoms. The lowest BCUT2D eigenvalue weighted by Gasteiger charge is -2.14. The Morgan fingerprint density at radius 1 is 1.11 bits per heavy atom. The normalized spacial score (nSPS) is 12.2. The van der Waals surface area contributed by atoms with Gasteiger partial charge in [0.25, 0.3) is 0 Å². The van der Waals surface area contributed by atoms with Crippen LogP contribution in [0.5, 0.6) is 11.5 Å². The highest BCUT2D eigenvalue weighted by molar-refractivity contribution is 5.42. The molecule has 1 atom stereocenters. The molecule has 0 saturated heterocycles. The predicted molar refractivity (Wildman–Crippen MR) is 77.2 cm³/mol. The van der Waals surface area contributed by atoms with E-state index in [1.165, 1.54) is 5.56 Å². The monoisotopic (exact) mass is 267 g/mol. The van der Waals surface area contributed by atoms with Gasteiger partial charge in [-0.2, -0.15) is 0 Å². The zero-order valence-electron chi connectivity index (χ0n) is 12.4. The Kier molecular flexibility index (Phi) is 7.30. The molecule has 1 unspecified atom stereocenters. The third-order valence-corrected chi connectivity index (χ3v) is 3.01. The van der Waals surface area contributed by atoms with Crippen molar-refractivity contribution in [3.05, 3.63) is 23.8 Å². The van der Waals surface area contributed by atoms with Crippen LogP contribution >= 0.6 is 0 Å². The lowest BCUT2D eigenvalue weighted by molar-refractivity contribution is 0.198. The van der Waals surface area contributed by atoms with E-state index in [-0.39, 0.29) is 0 Å². The summed E-state index contributed by atoms with van der Waals surface area (Å²) in [6.45, 7) is 4.87. The van der Waals surface area contributed by atoms with Gasteiger partial charge in [-0.15, -0.1) is 0 Å². The molecule has 0 amide bonds. The van der Waals surface area contributed by atoms with Crippen molar-refractivity contribution in [1.82, 2.24) is 5.32 Å². The van der Waals surface area contributed by atoms with Gasteiger partial charge in [0.05, 0.1) is 20.8 Å². The number of hydrogen-bond acceptors (Lipinski definition) is 4. The molecule has 0 saturated carbocycles. The Morgan fingerprint density at radius 2 is 1.84 bits per heavy atom. The molecule has 1 aromatic rings. The van der Waals surface area contributed by atoms with Crippen LogP contribution in [0.15, 0.2) is 18.2 Å². The summed E-state index contributed by atoms with van der Waals surface area (Å²) in [7, 11) is 5.03. The molecule has 0 spiro atoms. The molecule has 4 heteroatoms. The van der Waals surface area contributed by atoms with Crippen LogP contribution < -0.4 is 14.8 Å². The van der Waals surface area contributed by atoms with E-state index >= 15 is 0 Å². The Hall–Kier alpha value is -1.26. The lowest BCUT2D eigenvalue weighted by atomic mass is 10.0. The Morgan fingerprint density at radius 3 is 2.47 bits per heavy atom. The highest BCUT2D eigenvalue weighted by Gasteiger charge is 2.08. The second-order valence-electron chi connectivity index (χ2n) is 4.70. The minimum Gasteiger partial charge on any atom is -0.493 e. The first kappa shape index (κ1) is 15.8. The third kappa shape index (κ3) is 5.49. The van der Waals surface area contributed by atoms with Gasteiger partial charge in [-0.3, -0.25) is 0 Å². The number of methoxy groups -OCH3 is 3. The van der Waals surface area contributed by atoms with Gasteiger partial charge < -0.3 is 19.5 Å². The second-order valence-corrected chi connectivity index (χ2v) is 4.70. The molecular weight excluding hydrogens is 242 g/mol. The minimum atomic E-state index is 0.565. The summed E-state index contributed by atoms with van der Waals surface area (Å²) in [5.41, 5.74) is 1.26. The number of rotatable bonds is 9. The maximum atomic E-state index is 5.31. The van der Waals surface area contributed by atoms with Crippen LogP contribution in [0.1, 0.15) is 12.5 Å². The van der Waals surface area contributed by atoms with Crippen molar-refractivity contribution in [2.45, 2.75) is 13.3 Å². The highest BCUT2D eigenvalue weighted by atomic mass is 16.5. The van der Waals surface area contributed by atoms with E-state index in [0.717, 1.165) is 37.6 Å². The largest absolute Gasteiger partial charge is 0.493 e.